The highest BCUT2D eigenvalue weighted by Crippen LogP contribution is 2.47. The molecule has 0 aromatic heterocycles. The molecule has 0 fully saturated rings. The lowest BCUT2D eigenvalue weighted by molar-refractivity contribution is -0.143. The van der Waals surface area contributed by atoms with Gasteiger partial charge in [0, 0.05) is 22.0 Å². The van der Waals surface area contributed by atoms with Crippen molar-refractivity contribution in [2.75, 3.05) is 0 Å². The summed E-state index contributed by atoms with van der Waals surface area (Å²) in [5, 5.41) is -0.183. The maximum absolute atomic E-state index is 14.5. The van der Waals surface area contributed by atoms with E-state index in [1.165, 1.54) is 0 Å². The van der Waals surface area contributed by atoms with Crippen molar-refractivity contribution in [3.63, 3.8) is 0 Å². The van der Waals surface area contributed by atoms with Gasteiger partial charge in [0.25, 0.3) is 0 Å². The SMILES string of the molecule is CC(C)(C)c1cc(C(C)(C)C)c([PH](=O)C(=O)c2c(C(F)(F)F)cccc2C(F)(F)F)c(C(C)(C)C)c1C(=O)c1ccccc1. The maximum Gasteiger partial charge on any atom is 0.417 e. The lowest BCUT2D eigenvalue weighted by Crippen LogP contribution is -2.36. The second-order valence-corrected chi connectivity index (χ2v) is 15.5. The molecule has 0 radical (unpaired) electrons. The van der Waals surface area contributed by atoms with Gasteiger partial charge in [-0.1, -0.05) is 105 Å². The Kier molecular flexibility index (Phi) is 9.33. The summed E-state index contributed by atoms with van der Waals surface area (Å²) < 4.78 is 98.9. The Morgan fingerprint density at radius 1 is 0.568 bits per heavy atom. The van der Waals surface area contributed by atoms with Gasteiger partial charge in [-0.15, -0.1) is 0 Å². The number of carbonyl (C=O) groups excluding carboxylic acids is 2. The number of hydrogen-bond acceptors (Lipinski definition) is 3. The molecule has 0 heterocycles. The van der Waals surface area contributed by atoms with E-state index in [9.17, 15) is 40.5 Å². The molecule has 3 nitrogen and oxygen atoms in total. The summed E-state index contributed by atoms with van der Waals surface area (Å²) >= 11 is 0. The molecule has 0 N–H and O–H groups in total. The highest BCUT2D eigenvalue weighted by molar-refractivity contribution is 7.71. The first-order valence-corrected chi connectivity index (χ1v) is 15.4. The number of halogens is 6. The molecule has 0 aliphatic carbocycles. The van der Waals surface area contributed by atoms with Gasteiger partial charge in [-0.3, -0.25) is 9.59 Å². The van der Waals surface area contributed by atoms with E-state index in [2.05, 4.69) is 0 Å². The van der Waals surface area contributed by atoms with Crippen LogP contribution < -0.4 is 5.30 Å². The number of ketones is 1. The molecule has 1 unspecified atom stereocenters. The molecule has 0 spiro atoms. The summed E-state index contributed by atoms with van der Waals surface area (Å²) in [4.78, 5) is 28.2. The Balaban J connectivity index is 2.60. The first kappa shape index (κ1) is 35.3. The van der Waals surface area contributed by atoms with Crippen LogP contribution >= 0.6 is 7.80 Å². The van der Waals surface area contributed by atoms with E-state index in [1.807, 2.05) is 20.8 Å². The van der Waals surface area contributed by atoms with Crippen LogP contribution in [0.3, 0.4) is 0 Å². The standard InChI is InChI=1S/C34H37F6O3P/c1-30(2,3)22-18-23(31(4,5)6)28(26(32(7,8)9)25(22)27(41)19-14-11-10-12-15-19)44(43)29(42)24-20(33(35,36)37)16-13-17-21(24)34(38,39)40/h10-18,44H,1-9H3. The molecule has 3 rings (SSSR count). The van der Waals surface area contributed by atoms with Crippen molar-refractivity contribution in [3.05, 3.63) is 99.1 Å². The Morgan fingerprint density at radius 3 is 1.41 bits per heavy atom. The molecule has 3 aromatic carbocycles. The number of benzene rings is 3. The molecule has 0 saturated heterocycles. The average molecular weight is 639 g/mol. The van der Waals surface area contributed by atoms with Gasteiger partial charge in [-0.05, 0) is 45.1 Å². The van der Waals surface area contributed by atoms with Gasteiger partial charge in [0.1, 0.15) is 0 Å². The van der Waals surface area contributed by atoms with E-state index in [0.717, 1.165) is 0 Å². The fourth-order valence-electron chi connectivity index (χ4n) is 5.32. The van der Waals surface area contributed by atoms with Gasteiger partial charge in [-0.25, -0.2) is 0 Å². The predicted octanol–water partition coefficient (Wildman–Crippen LogP) is 9.87. The summed E-state index contributed by atoms with van der Waals surface area (Å²) in [6.07, 6.45) is -10.7. The minimum absolute atomic E-state index is 0.130. The lowest BCUT2D eigenvalue weighted by Gasteiger charge is -2.36. The van der Waals surface area contributed by atoms with Crippen molar-refractivity contribution in [3.8, 4) is 0 Å². The smallest absolute Gasteiger partial charge is 0.313 e. The van der Waals surface area contributed by atoms with Crippen molar-refractivity contribution in [1.29, 1.82) is 0 Å². The molecule has 0 aliphatic heterocycles. The number of rotatable bonds is 5. The molecule has 3 aromatic rings. The van der Waals surface area contributed by atoms with Gasteiger partial charge < -0.3 is 4.57 Å². The maximum atomic E-state index is 14.5. The fourth-order valence-corrected chi connectivity index (χ4v) is 7.46. The molecular weight excluding hydrogens is 601 g/mol. The minimum Gasteiger partial charge on any atom is -0.313 e. The first-order chi connectivity index (χ1) is 19.8. The third-order valence-corrected chi connectivity index (χ3v) is 8.93. The first-order valence-electron chi connectivity index (χ1n) is 14.0. The van der Waals surface area contributed by atoms with Gasteiger partial charge in [0.15, 0.2) is 13.6 Å². The minimum atomic E-state index is -5.33. The van der Waals surface area contributed by atoms with E-state index in [4.69, 9.17) is 0 Å². The van der Waals surface area contributed by atoms with E-state index < -0.39 is 64.4 Å². The van der Waals surface area contributed by atoms with Crippen LogP contribution in [-0.2, 0) is 33.2 Å². The number of hydrogen-bond donors (Lipinski definition) is 0. The van der Waals surface area contributed by atoms with Crippen LogP contribution in [0.2, 0.25) is 0 Å². The largest absolute Gasteiger partial charge is 0.417 e. The van der Waals surface area contributed by atoms with Crippen molar-refractivity contribution in [2.45, 2.75) is 90.9 Å². The van der Waals surface area contributed by atoms with Crippen LogP contribution in [0.4, 0.5) is 26.3 Å². The van der Waals surface area contributed by atoms with Crippen molar-refractivity contribution in [2.24, 2.45) is 0 Å². The van der Waals surface area contributed by atoms with Gasteiger partial charge in [0.2, 0.25) is 5.52 Å². The molecule has 1 atom stereocenters. The molecule has 44 heavy (non-hydrogen) atoms. The van der Waals surface area contributed by atoms with E-state index in [1.54, 1.807) is 77.9 Å². The van der Waals surface area contributed by atoms with Crippen molar-refractivity contribution < 1.29 is 40.5 Å². The average Bonchev–Trinajstić information content (AvgIpc) is 2.88. The van der Waals surface area contributed by atoms with Crippen LogP contribution in [-0.4, -0.2) is 11.3 Å². The highest BCUT2D eigenvalue weighted by atomic mass is 31.1. The Labute approximate surface area is 254 Å². The summed E-state index contributed by atoms with van der Waals surface area (Å²) in [6.45, 7) is 15.9. The Morgan fingerprint density at radius 2 is 1.02 bits per heavy atom. The third-order valence-electron chi connectivity index (χ3n) is 7.29. The zero-order chi connectivity index (χ0) is 33.8. The number of carbonyl (C=O) groups is 2. The van der Waals surface area contributed by atoms with E-state index in [-0.39, 0.29) is 22.0 Å². The topological polar surface area (TPSA) is 51.2 Å². The molecule has 0 bridgehead atoms. The van der Waals surface area contributed by atoms with Gasteiger partial charge in [-0.2, -0.15) is 26.3 Å². The lowest BCUT2D eigenvalue weighted by atomic mass is 9.70. The third kappa shape index (κ3) is 7.03. The number of alkyl halides is 6. The van der Waals surface area contributed by atoms with E-state index >= 15 is 0 Å². The van der Waals surface area contributed by atoms with Crippen LogP contribution in [0.25, 0.3) is 0 Å². The van der Waals surface area contributed by atoms with Crippen LogP contribution in [0.15, 0.2) is 54.6 Å². The zero-order valence-corrected chi connectivity index (χ0v) is 27.2. The highest BCUT2D eigenvalue weighted by Gasteiger charge is 2.45. The monoisotopic (exact) mass is 638 g/mol. The second kappa shape index (κ2) is 11.6. The second-order valence-electron chi connectivity index (χ2n) is 13.9. The summed E-state index contributed by atoms with van der Waals surface area (Å²) in [7, 11) is -4.12. The van der Waals surface area contributed by atoms with Crippen LogP contribution in [0.5, 0.6) is 0 Å². The Bertz CT molecular complexity index is 1580. The molecule has 238 valence electrons. The van der Waals surface area contributed by atoms with Crippen LogP contribution in [0.1, 0.15) is 116 Å². The zero-order valence-electron chi connectivity index (χ0n) is 26.2. The molecule has 0 amide bonds. The fraction of sp³-hybridized carbons (Fsp3) is 0.412. The van der Waals surface area contributed by atoms with Crippen LogP contribution in [0, 0.1) is 0 Å². The molecule has 0 saturated carbocycles. The van der Waals surface area contributed by atoms with Crippen molar-refractivity contribution in [1.82, 2.24) is 0 Å². The summed E-state index contributed by atoms with van der Waals surface area (Å²) in [5.41, 5.74) is -8.23. The predicted molar refractivity (Wildman–Crippen MR) is 162 cm³/mol. The summed E-state index contributed by atoms with van der Waals surface area (Å²) in [5.74, 6) is -0.462. The van der Waals surface area contributed by atoms with Gasteiger partial charge in [0.05, 0.1) is 11.1 Å². The van der Waals surface area contributed by atoms with Crippen molar-refractivity contribution >= 4 is 24.4 Å². The summed E-state index contributed by atoms with van der Waals surface area (Å²) in [6, 6.07) is 11.2. The quantitative estimate of drug-likeness (QED) is 0.159. The molecule has 0 aliphatic rings. The van der Waals surface area contributed by atoms with E-state index in [0.29, 0.717) is 29.3 Å². The Hall–Kier alpha value is -3.19. The molecular formula is C34H37F6O3P. The normalized spacial score (nSPS) is 14.0. The molecule has 10 heteroatoms. The van der Waals surface area contributed by atoms with Gasteiger partial charge >= 0.3 is 12.4 Å².